The third-order valence-electron chi connectivity index (χ3n) is 3.99. The highest BCUT2D eigenvalue weighted by atomic mass is 19.2. The molecule has 0 bridgehead atoms. The summed E-state index contributed by atoms with van der Waals surface area (Å²) in [5, 5.41) is 3.42. The van der Waals surface area contributed by atoms with Gasteiger partial charge in [-0.2, -0.15) is 0 Å². The average molecular weight is 288 g/mol. The second-order valence-electron chi connectivity index (χ2n) is 5.34. The number of anilines is 2. The molecule has 1 unspecified atom stereocenters. The Morgan fingerprint density at radius 1 is 1.14 bits per heavy atom. The zero-order valence-corrected chi connectivity index (χ0v) is 11.9. The number of halogens is 2. The van der Waals surface area contributed by atoms with Crippen LogP contribution in [0.3, 0.4) is 0 Å². The maximum absolute atomic E-state index is 13.4. The number of nitrogens with one attached hydrogen (secondary N) is 1. The number of hydrogen-bond donors (Lipinski definition) is 1. The molecule has 2 nitrogen and oxygen atoms in total. The second kappa shape index (κ2) is 5.72. The molecule has 2 aromatic carbocycles. The van der Waals surface area contributed by atoms with E-state index in [0.29, 0.717) is 12.6 Å². The molecule has 110 valence electrons. The number of nitrogens with zero attached hydrogens (tertiary/aromatic N) is 1. The Bertz CT molecular complexity index is 642. The molecule has 0 aliphatic carbocycles. The highest BCUT2D eigenvalue weighted by Gasteiger charge is 2.24. The summed E-state index contributed by atoms with van der Waals surface area (Å²) in [5.41, 5.74) is 2.98. The van der Waals surface area contributed by atoms with E-state index in [-0.39, 0.29) is 0 Å². The summed E-state index contributed by atoms with van der Waals surface area (Å²) in [6.07, 6.45) is 0.991. The van der Waals surface area contributed by atoms with Crippen LogP contribution in [0.5, 0.6) is 0 Å². The fourth-order valence-corrected chi connectivity index (χ4v) is 2.82. The molecule has 0 saturated heterocycles. The number of rotatable bonds is 3. The van der Waals surface area contributed by atoms with Crippen LogP contribution in [0.2, 0.25) is 0 Å². The van der Waals surface area contributed by atoms with Gasteiger partial charge in [0.15, 0.2) is 11.6 Å². The lowest BCUT2D eigenvalue weighted by molar-refractivity contribution is 0.505. The molecule has 0 radical (unpaired) electrons. The first-order valence-corrected chi connectivity index (χ1v) is 7.22. The molecular weight excluding hydrogens is 270 g/mol. The average Bonchev–Trinajstić information content (AvgIpc) is 2.51. The first-order valence-electron chi connectivity index (χ1n) is 7.22. The summed E-state index contributed by atoms with van der Waals surface area (Å²) in [7, 11) is 0. The van der Waals surface area contributed by atoms with Crippen molar-refractivity contribution in [3.8, 4) is 0 Å². The summed E-state index contributed by atoms with van der Waals surface area (Å²) in [6.45, 7) is 3.57. The molecule has 3 rings (SSSR count). The zero-order valence-electron chi connectivity index (χ0n) is 11.9. The third-order valence-corrected chi connectivity index (χ3v) is 3.99. The van der Waals surface area contributed by atoms with Gasteiger partial charge in [0, 0.05) is 19.1 Å². The molecule has 4 heteroatoms. The lowest BCUT2D eigenvalue weighted by Gasteiger charge is -2.39. The molecule has 2 aromatic rings. The van der Waals surface area contributed by atoms with Gasteiger partial charge in [0.1, 0.15) is 0 Å². The van der Waals surface area contributed by atoms with E-state index in [2.05, 4.69) is 23.2 Å². The molecule has 0 saturated carbocycles. The minimum atomic E-state index is -0.800. The largest absolute Gasteiger partial charge is 0.381 e. The van der Waals surface area contributed by atoms with Gasteiger partial charge < -0.3 is 10.2 Å². The smallest absolute Gasteiger partial charge is 0.159 e. The highest BCUT2D eigenvalue weighted by molar-refractivity contribution is 5.72. The number of fused-ring (bicyclic) bond motifs is 1. The van der Waals surface area contributed by atoms with E-state index in [1.807, 2.05) is 18.2 Å². The third kappa shape index (κ3) is 2.71. The molecule has 0 aromatic heterocycles. The van der Waals surface area contributed by atoms with Crippen molar-refractivity contribution in [1.82, 2.24) is 0 Å². The van der Waals surface area contributed by atoms with Gasteiger partial charge in [0.25, 0.3) is 0 Å². The van der Waals surface area contributed by atoms with Gasteiger partial charge in [0.05, 0.1) is 11.4 Å². The lowest BCUT2D eigenvalue weighted by atomic mass is 10.0. The molecule has 0 amide bonds. The van der Waals surface area contributed by atoms with Crippen molar-refractivity contribution in [2.45, 2.75) is 25.9 Å². The van der Waals surface area contributed by atoms with Crippen LogP contribution in [0, 0.1) is 11.6 Å². The molecule has 21 heavy (non-hydrogen) atoms. The van der Waals surface area contributed by atoms with Crippen LogP contribution >= 0.6 is 0 Å². The van der Waals surface area contributed by atoms with Crippen LogP contribution < -0.4 is 10.2 Å². The number of hydrogen-bond acceptors (Lipinski definition) is 2. The maximum atomic E-state index is 13.4. The summed E-state index contributed by atoms with van der Waals surface area (Å²) in [4.78, 5) is 2.26. The van der Waals surface area contributed by atoms with Crippen LogP contribution in [0.1, 0.15) is 18.9 Å². The normalized spacial score (nSPS) is 17.3. The van der Waals surface area contributed by atoms with E-state index in [9.17, 15) is 8.78 Å². The SMILES string of the molecule is CCC1CNc2ccccc2N1Cc1ccc(F)c(F)c1. The summed E-state index contributed by atoms with van der Waals surface area (Å²) >= 11 is 0. The molecule has 1 atom stereocenters. The van der Waals surface area contributed by atoms with Crippen LogP contribution in [0.4, 0.5) is 20.2 Å². The molecule has 0 spiro atoms. The standard InChI is InChI=1S/C17H18F2N2/c1-2-13-10-20-16-5-3-4-6-17(16)21(13)11-12-7-8-14(18)15(19)9-12/h3-9,13,20H,2,10-11H2,1H3. The van der Waals surface area contributed by atoms with E-state index < -0.39 is 11.6 Å². The van der Waals surface area contributed by atoms with Crippen molar-refractivity contribution in [3.05, 3.63) is 59.7 Å². The fourth-order valence-electron chi connectivity index (χ4n) is 2.82. The van der Waals surface area contributed by atoms with Crippen LogP contribution in [-0.2, 0) is 6.54 Å². The Labute approximate surface area is 123 Å². The first-order chi connectivity index (χ1) is 10.2. The predicted octanol–water partition coefficient (Wildman–Crippen LogP) is 4.18. The van der Waals surface area contributed by atoms with Crippen molar-refractivity contribution in [2.24, 2.45) is 0 Å². The molecule has 1 aliphatic heterocycles. The maximum Gasteiger partial charge on any atom is 0.159 e. The number of benzene rings is 2. The van der Waals surface area contributed by atoms with Gasteiger partial charge in [-0.25, -0.2) is 8.78 Å². The van der Waals surface area contributed by atoms with Gasteiger partial charge in [-0.3, -0.25) is 0 Å². The topological polar surface area (TPSA) is 15.3 Å². The predicted molar refractivity (Wildman–Crippen MR) is 81.6 cm³/mol. The van der Waals surface area contributed by atoms with Crippen molar-refractivity contribution in [1.29, 1.82) is 0 Å². The van der Waals surface area contributed by atoms with Crippen molar-refractivity contribution in [3.63, 3.8) is 0 Å². The summed E-state index contributed by atoms with van der Waals surface area (Å²) in [6, 6.07) is 12.6. The Morgan fingerprint density at radius 3 is 2.71 bits per heavy atom. The van der Waals surface area contributed by atoms with Gasteiger partial charge in [-0.1, -0.05) is 25.1 Å². The van der Waals surface area contributed by atoms with Crippen molar-refractivity contribution < 1.29 is 8.78 Å². The lowest BCUT2D eigenvalue weighted by Crippen LogP contribution is -2.43. The Morgan fingerprint density at radius 2 is 1.95 bits per heavy atom. The van der Waals surface area contributed by atoms with Crippen LogP contribution in [0.15, 0.2) is 42.5 Å². The fraction of sp³-hybridized carbons (Fsp3) is 0.294. The molecular formula is C17H18F2N2. The molecule has 0 fully saturated rings. The summed E-state index contributed by atoms with van der Waals surface area (Å²) < 4.78 is 26.5. The van der Waals surface area contributed by atoms with E-state index >= 15 is 0 Å². The van der Waals surface area contributed by atoms with E-state index in [1.54, 1.807) is 6.07 Å². The Kier molecular flexibility index (Phi) is 3.78. The van der Waals surface area contributed by atoms with Gasteiger partial charge >= 0.3 is 0 Å². The minimum Gasteiger partial charge on any atom is -0.381 e. The van der Waals surface area contributed by atoms with Crippen LogP contribution in [-0.4, -0.2) is 12.6 Å². The van der Waals surface area contributed by atoms with E-state index in [4.69, 9.17) is 0 Å². The second-order valence-corrected chi connectivity index (χ2v) is 5.34. The van der Waals surface area contributed by atoms with Gasteiger partial charge in [-0.05, 0) is 36.2 Å². The van der Waals surface area contributed by atoms with E-state index in [0.717, 1.165) is 29.9 Å². The first kappa shape index (κ1) is 13.9. The Balaban J connectivity index is 1.93. The quantitative estimate of drug-likeness (QED) is 0.911. The highest BCUT2D eigenvalue weighted by Crippen LogP contribution is 2.33. The minimum absolute atomic E-state index is 0.341. The van der Waals surface area contributed by atoms with Gasteiger partial charge in [0.2, 0.25) is 0 Å². The van der Waals surface area contributed by atoms with Crippen molar-refractivity contribution >= 4 is 11.4 Å². The molecule has 1 aliphatic rings. The Hall–Kier alpha value is -2.10. The monoisotopic (exact) mass is 288 g/mol. The molecule has 1 N–H and O–H groups in total. The van der Waals surface area contributed by atoms with Crippen LogP contribution in [0.25, 0.3) is 0 Å². The summed E-state index contributed by atoms with van der Waals surface area (Å²) in [5.74, 6) is -1.59. The zero-order chi connectivity index (χ0) is 14.8. The van der Waals surface area contributed by atoms with Gasteiger partial charge in [-0.15, -0.1) is 0 Å². The van der Waals surface area contributed by atoms with E-state index in [1.165, 1.54) is 12.1 Å². The van der Waals surface area contributed by atoms with Crippen molar-refractivity contribution in [2.75, 3.05) is 16.8 Å². The molecule has 1 heterocycles. The number of para-hydroxylation sites is 2.